The van der Waals surface area contributed by atoms with E-state index in [0.717, 1.165) is 0 Å². The monoisotopic (exact) mass is 426 g/mol. The largest absolute Gasteiger partial charge is 0.462 e. The number of methoxy groups -OCH3 is 1. The number of pyridine rings is 2. The summed E-state index contributed by atoms with van der Waals surface area (Å²) >= 11 is 0. The zero-order chi connectivity index (χ0) is 22.5. The van der Waals surface area contributed by atoms with Gasteiger partial charge in [0.2, 0.25) is 5.91 Å². The number of hydrogen-bond acceptors (Lipinski definition) is 6. The molecule has 1 amide bonds. The molecule has 0 saturated heterocycles. The Morgan fingerprint density at radius 2 is 2.03 bits per heavy atom. The van der Waals surface area contributed by atoms with Crippen molar-refractivity contribution in [3.63, 3.8) is 0 Å². The topological polar surface area (TPSA) is 104 Å². The van der Waals surface area contributed by atoms with E-state index in [4.69, 9.17) is 9.47 Å². The van der Waals surface area contributed by atoms with Crippen LogP contribution in [0, 0.1) is 5.92 Å². The van der Waals surface area contributed by atoms with Crippen LogP contribution in [-0.2, 0) is 20.8 Å². The minimum atomic E-state index is -0.663. The van der Waals surface area contributed by atoms with Crippen LogP contribution >= 0.6 is 0 Å². The van der Waals surface area contributed by atoms with Crippen LogP contribution in [0.5, 0.6) is 0 Å². The summed E-state index contributed by atoms with van der Waals surface area (Å²) in [6.07, 6.45) is 1.83. The maximum Gasteiger partial charge on any atom is 0.341 e. The predicted molar refractivity (Wildman–Crippen MR) is 115 cm³/mol. The summed E-state index contributed by atoms with van der Waals surface area (Å²) in [6.45, 7) is 6.15. The normalized spacial score (nSPS) is 12.1. The number of fused-ring (bicyclic) bond motifs is 2. The Kier molecular flexibility index (Phi) is 6.96. The van der Waals surface area contributed by atoms with E-state index in [-0.39, 0.29) is 60.0 Å². The van der Waals surface area contributed by atoms with Crippen LogP contribution in [0.15, 0.2) is 40.2 Å². The van der Waals surface area contributed by atoms with E-state index in [1.165, 1.54) is 17.6 Å². The summed E-state index contributed by atoms with van der Waals surface area (Å²) in [4.78, 5) is 47.3. The van der Waals surface area contributed by atoms with Crippen molar-refractivity contribution in [2.24, 2.45) is 10.9 Å². The van der Waals surface area contributed by atoms with Gasteiger partial charge < -0.3 is 14.0 Å². The van der Waals surface area contributed by atoms with Gasteiger partial charge in [0.05, 0.1) is 18.6 Å². The smallest absolute Gasteiger partial charge is 0.341 e. The number of esters is 1. The molecule has 0 aliphatic carbocycles. The van der Waals surface area contributed by atoms with Gasteiger partial charge in [0.1, 0.15) is 16.9 Å². The van der Waals surface area contributed by atoms with E-state index in [0.29, 0.717) is 11.3 Å². The lowest BCUT2D eigenvalue weighted by molar-refractivity contribution is -0.118. The second-order valence-electron chi connectivity index (χ2n) is 7.43. The zero-order valence-electron chi connectivity index (χ0n) is 18.1. The van der Waals surface area contributed by atoms with Crippen molar-refractivity contribution in [1.82, 2.24) is 14.0 Å². The lowest BCUT2D eigenvalue weighted by Gasteiger charge is -2.15. The van der Waals surface area contributed by atoms with Gasteiger partial charge >= 0.3 is 5.97 Å². The molecule has 0 fully saturated rings. The quantitative estimate of drug-likeness (QED) is 0.422. The highest BCUT2D eigenvalue weighted by molar-refractivity contribution is 5.93. The van der Waals surface area contributed by atoms with Gasteiger partial charge in [-0.25, -0.2) is 9.78 Å². The number of amides is 1. The van der Waals surface area contributed by atoms with Crippen LogP contribution < -0.4 is 11.0 Å². The lowest BCUT2D eigenvalue weighted by Crippen LogP contribution is -2.33. The molecule has 3 aromatic heterocycles. The number of ether oxygens (including phenoxy) is 2. The van der Waals surface area contributed by atoms with Crippen LogP contribution in [0.1, 0.15) is 37.6 Å². The lowest BCUT2D eigenvalue weighted by atomic mass is 10.1. The minimum Gasteiger partial charge on any atom is -0.462 e. The fraction of sp³-hybridized carbons (Fsp3) is 0.409. The molecule has 0 aliphatic rings. The van der Waals surface area contributed by atoms with Gasteiger partial charge in [-0.2, -0.15) is 4.99 Å². The van der Waals surface area contributed by atoms with E-state index in [1.807, 2.05) is 13.8 Å². The number of rotatable bonds is 7. The molecule has 0 spiro atoms. The first kappa shape index (κ1) is 22.4. The highest BCUT2D eigenvalue weighted by atomic mass is 16.5. The first-order valence-corrected chi connectivity index (χ1v) is 10.2. The number of aromatic nitrogens is 3. The van der Waals surface area contributed by atoms with Crippen LogP contribution in [0.2, 0.25) is 0 Å². The molecule has 9 nitrogen and oxygen atoms in total. The van der Waals surface area contributed by atoms with Gasteiger partial charge in [-0.15, -0.1) is 0 Å². The van der Waals surface area contributed by atoms with E-state index in [9.17, 15) is 14.4 Å². The van der Waals surface area contributed by atoms with Crippen molar-refractivity contribution >= 4 is 28.6 Å². The second-order valence-corrected chi connectivity index (χ2v) is 7.43. The second kappa shape index (κ2) is 9.65. The molecule has 0 atom stereocenters. The summed E-state index contributed by atoms with van der Waals surface area (Å²) in [5.74, 6) is -0.935. The van der Waals surface area contributed by atoms with E-state index >= 15 is 0 Å². The van der Waals surface area contributed by atoms with Crippen molar-refractivity contribution in [1.29, 1.82) is 0 Å². The summed E-state index contributed by atoms with van der Waals surface area (Å²) in [5.41, 5.74) is 0.572. The molecular formula is C22H26N4O5. The van der Waals surface area contributed by atoms with Gasteiger partial charge in [0.25, 0.3) is 5.56 Å². The summed E-state index contributed by atoms with van der Waals surface area (Å²) < 4.78 is 13.4. The molecule has 31 heavy (non-hydrogen) atoms. The molecule has 0 aromatic carbocycles. The van der Waals surface area contributed by atoms with Gasteiger partial charge in [-0.05, 0) is 31.0 Å². The molecular weight excluding hydrogens is 400 g/mol. The fourth-order valence-corrected chi connectivity index (χ4v) is 3.26. The van der Waals surface area contributed by atoms with Crippen LogP contribution in [0.4, 0.5) is 0 Å². The van der Waals surface area contributed by atoms with E-state index < -0.39 is 5.97 Å². The Bertz CT molecular complexity index is 1260. The molecule has 0 unspecified atom stereocenters. The third kappa shape index (κ3) is 4.72. The molecule has 164 valence electrons. The first-order chi connectivity index (χ1) is 14.9. The molecule has 0 radical (unpaired) electrons. The zero-order valence-corrected chi connectivity index (χ0v) is 18.1. The molecule has 3 heterocycles. The number of carbonyl (C=O) groups excluding carboxylic acids is 2. The van der Waals surface area contributed by atoms with E-state index in [2.05, 4.69) is 9.98 Å². The van der Waals surface area contributed by atoms with Gasteiger partial charge in [-0.3, -0.25) is 14.0 Å². The molecule has 3 rings (SSSR count). The highest BCUT2D eigenvalue weighted by Gasteiger charge is 2.20. The molecule has 0 N–H and O–H groups in total. The molecule has 9 heteroatoms. The Morgan fingerprint density at radius 3 is 2.71 bits per heavy atom. The maximum absolute atomic E-state index is 13.2. The van der Waals surface area contributed by atoms with E-state index in [1.54, 1.807) is 35.9 Å². The maximum atomic E-state index is 13.2. The molecule has 3 aromatic rings. The van der Waals surface area contributed by atoms with Crippen LogP contribution in [-0.4, -0.2) is 46.2 Å². The Morgan fingerprint density at radius 1 is 1.26 bits per heavy atom. The molecule has 0 aliphatic heterocycles. The summed E-state index contributed by atoms with van der Waals surface area (Å²) in [7, 11) is 1.54. The molecule has 0 bridgehead atoms. The van der Waals surface area contributed by atoms with Crippen LogP contribution in [0.3, 0.4) is 0 Å². The average Bonchev–Trinajstić information content (AvgIpc) is 2.72. The number of carbonyl (C=O) groups is 2. The third-order valence-corrected chi connectivity index (χ3v) is 4.62. The number of nitrogens with zero attached hydrogens (tertiary/aromatic N) is 4. The van der Waals surface area contributed by atoms with Crippen molar-refractivity contribution < 1.29 is 19.1 Å². The SMILES string of the molecule is CCOC(=O)c1cc2c(=O)n3ccccc3nc2n(CCOC)c1=NC(=O)CC(C)C. The highest BCUT2D eigenvalue weighted by Crippen LogP contribution is 2.12. The first-order valence-electron chi connectivity index (χ1n) is 10.2. The summed E-state index contributed by atoms with van der Waals surface area (Å²) in [5, 5.41) is 0.220. The van der Waals surface area contributed by atoms with Crippen molar-refractivity contribution in [3.05, 3.63) is 51.9 Å². The van der Waals surface area contributed by atoms with Gasteiger partial charge in [0.15, 0.2) is 5.49 Å². The summed E-state index contributed by atoms with van der Waals surface area (Å²) in [6, 6.07) is 6.62. The van der Waals surface area contributed by atoms with Crippen LogP contribution in [0.25, 0.3) is 16.7 Å². The Balaban J connectivity index is 2.46. The Labute approximate surface area is 179 Å². The predicted octanol–water partition coefficient (Wildman–Crippen LogP) is 1.95. The minimum absolute atomic E-state index is 0.0392. The third-order valence-electron chi connectivity index (χ3n) is 4.62. The Hall–Kier alpha value is -3.33. The van der Waals surface area contributed by atoms with Gasteiger partial charge in [-0.1, -0.05) is 19.9 Å². The average molecular weight is 426 g/mol. The standard InChI is InChI=1S/C22H26N4O5/c1-5-31-22(29)16-13-15-19(23-17-8-6-7-9-25(17)21(15)28)26(10-11-30-4)20(16)24-18(27)12-14(2)3/h6-9,13-14H,5,10-12H2,1-4H3. The van der Waals surface area contributed by atoms with Gasteiger partial charge in [0, 0.05) is 26.3 Å². The molecule has 0 saturated carbocycles. The fourth-order valence-electron chi connectivity index (χ4n) is 3.26. The van der Waals surface area contributed by atoms with Crippen molar-refractivity contribution in [2.75, 3.05) is 20.3 Å². The van der Waals surface area contributed by atoms with Crippen molar-refractivity contribution in [2.45, 2.75) is 33.7 Å². The number of hydrogen-bond donors (Lipinski definition) is 0. The van der Waals surface area contributed by atoms with Crippen molar-refractivity contribution in [3.8, 4) is 0 Å².